The number of aliphatic hydroxyl groups is 1. The summed E-state index contributed by atoms with van der Waals surface area (Å²) < 4.78 is 37.4. The van der Waals surface area contributed by atoms with Gasteiger partial charge in [-0.25, -0.2) is 8.78 Å². The Morgan fingerprint density at radius 1 is 1.17 bits per heavy atom. The summed E-state index contributed by atoms with van der Waals surface area (Å²) in [6.07, 6.45) is 0. The third-order valence-corrected chi connectivity index (χ3v) is 4.66. The second-order valence-corrected chi connectivity index (χ2v) is 6.71. The van der Waals surface area contributed by atoms with E-state index in [2.05, 4.69) is 15.5 Å². The Morgan fingerprint density at radius 3 is 2.45 bits per heavy atom. The fourth-order valence-corrected chi connectivity index (χ4v) is 2.89. The lowest BCUT2D eigenvalue weighted by molar-refractivity contribution is -0.135. The zero-order valence-corrected chi connectivity index (χ0v) is 15.1. The van der Waals surface area contributed by atoms with Crippen LogP contribution in [0, 0.1) is 5.82 Å². The van der Waals surface area contributed by atoms with Crippen molar-refractivity contribution in [2.24, 2.45) is 0 Å². The van der Waals surface area contributed by atoms with E-state index >= 15 is 0 Å². The van der Waals surface area contributed by atoms with Gasteiger partial charge in [-0.3, -0.25) is 4.79 Å². The van der Waals surface area contributed by atoms with Crippen LogP contribution in [0.1, 0.15) is 27.9 Å². The smallest absolute Gasteiger partial charge is 0.251 e. The van der Waals surface area contributed by atoms with Crippen LogP contribution in [0.25, 0.3) is 11.4 Å². The minimum absolute atomic E-state index is 0.0105. The molecule has 1 saturated heterocycles. The number of nitrogens with zero attached hydrogens (tertiary/aromatic N) is 2. The molecule has 0 saturated carbocycles. The number of aliphatic hydroxyl groups excluding tert-OH is 1. The van der Waals surface area contributed by atoms with Crippen molar-refractivity contribution in [3.63, 3.8) is 0 Å². The van der Waals surface area contributed by atoms with Gasteiger partial charge in [0.1, 0.15) is 11.9 Å². The lowest BCUT2D eigenvalue weighted by atomic mass is 9.93. The summed E-state index contributed by atoms with van der Waals surface area (Å²) in [4.78, 5) is 16.5. The molecule has 1 fully saturated rings. The van der Waals surface area contributed by atoms with Crippen molar-refractivity contribution in [2.45, 2.75) is 11.7 Å². The molecule has 1 aromatic heterocycles. The summed E-state index contributed by atoms with van der Waals surface area (Å²) in [5, 5.41) is 16.0. The van der Waals surface area contributed by atoms with Crippen LogP contribution in [-0.4, -0.2) is 41.0 Å². The van der Waals surface area contributed by atoms with Crippen LogP contribution in [-0.2, 0) is 10.4 Å². The second kappa shape index (κ2) is 7.69. The van der Waals surface area contributed by atoms with E-state index < -0.39 is 30.0 Å². The summed E-state index contributed by atoms with van der Waals surface area (Å²) in [7, 11) is 0. The van der Waals surface area contributed by atoms with Crippen molar-refractivity contribution in [3.05, 3.63) is 71.4 Å². The molecule has 150 valence electrons. The number of aromatic nitrogens is 2. The molecule has 2 aromatic carbocycles. The topological polar surface area (TPSA) is 97.5 Å². The summed E-state index contributed by atoms with van der Waals surface area (Å²) in [5.41, 5.74) is -0.140. The number of carbonyl (C=O) groups excluding carboxylic acids is 1. The molecule has 29 heavy (non-hydrogen) atoms. The molecule has 4 rings (SSSR count). The molecule has 2 N–H and O–H groups in total. The van der Waals surface area contributed by atoms with E-state index in [1.54, 1.807) is 24.3 Å². The number of carbonyl (C=O) groups is 1. The van der Waals surface area contributed by atoms with Gasteiger partial charge in [-0.05, 0) is 29.8 Å². The van der Waals surface area contributed by atoms with Crippen LogP contribution in [0.4, 0.5) is 8.78 Å². The zero-order valence-electron chi connectivity index (χ0n) is 15.1. The number of alkyl halides is 1. The van der Waals surface area contributed by atoms with Crippen LogP contribution in [0.2, 0.25) is 0 Å². The minimum atomic E-state index is -1.46. The number of ether oxygens (including phenoxy) is 1. The molecule has 1 atom stereocenters. The zero-order chi connectivity index (χ0) is 20.4. The second-order valence-electron chi connectivity index (χ2n) is 6.71. The van der Waals surface area contributed by atoms with Gasteiger partial charge in [0, 0.05) is 11.1 Å². The van der Waals surface area contributed by atoms with E-state index in [0.717, 1.165) is 12.1 Å². The summed E-state index contributed by atoms with van der Waals surface area (Å²) in [5.74, 6) is -0.740. The van der Waals surface area contributed by atoms with Crippen molar-refractivity contribution in [3.8, 4) is 11.4 Å². The number of benzene rings is 2. The number of hydrogen-bond acceptors (Lipinski definition) is 6. The van der Waals surface area contributed by atoms with E-state index in [-0.39, 0.29) is 30.5 Å². The normalized spacial score (nSPS) is 16.1. The molecule has 7 nitrogen and oxygen atoms in total. The highest BCUT2D eigenvalue weighted by molar-refractivity contribution is 5.94. The summed E-state index contributed by atoms with van der Waals surface area (Å²) in [6.45, 7) is -0.410. The van der Waals surface area contributed by atoms with E-state index in [1.807, 2.05) is 0 Å². The first-order valence-corrected chi connectivity index (χ1v) is 8.87. The highest BCUT2D eigenvalue weighted by Crippen LogP contribution is 2.34. The Hall–Kier alpha value is -3.17. The third-order valence-electron chi connectivity index (χ3n) is 4.66. The fourth-order valence-electron chi connectivity index (χ4n) is 2.89. The molecule has 1 aliphatic rings. The van der Waals surface area contributed by atoms with E-state index in [1.165, 1.54) is 12.1 Å². The van der Waals surface area contributed by atoms with Gasteiger partial charge in [0.25, 0.3) is 11.8 Å². The molecule has 9 heteroatoms. The van der Waals surface area contributed by atoms with E-state index in [0.29, 0.717) is 11.1 Å². The SMILES string of the molecule is O=C(NC(CO)c1nc(-c2ccc(C3(F)COC3)cc2)no1)c1ccc(F)cc1. The van der Waals surface area contributed by atoms with Crippen LogP contribution >= 0.6 is 0 Å². The van der Waals surface area contributed by atoms with E-state index in [4.69, 9.17) is 9.26 Å². The molecule has 2 heterocycles. The molecular weight excluding hydrogens is 384 g/mol. The maximum atomic E-state index is 14.3. The van der Waals surface area contributed by atoms with Gasteiger partial charge in [-0.1, -0.05) is 29.4 Å². The van der Waals surface area contributed by atoms with Crippen molar-refractivity contribution in [1.29, 1.82) is 0 Å². The first-order valence-electron chi connectivity index (χ1n) is 8.87. The lowest BCUT2D eigenvalue weighted by Gasteiger charge is -2.34. The standard InChI is InChI=1S/C20H17F2N3O4/c21-15-7-3-13(4-8-15)18(27)23-16(9-26)19-24-17(25-29-19)12-1-5-14(6-2-12)20(22)10-28-11-20/h1-8,16,26H,9-11H2,(H,23,27). The monoisotopic (exact) mass is 401 g/mol. The average Bonchev–Trinajstić information content (AvgIpc) is 3.20. The van der Waals surface area contributed by atoms with Gasteiger partial charge in [0.2, 0.25) is 5.82 Å². The highest BCUT2D eigenvalue weighted by atomic mass is 19.1. The van der Waals surface area contributed by atoms with Gasteiger partial charge in [0.15, 0.2) is 5.67 Å². The van der Waals surface area contributed by atoms with Crippen molar-refractivity contribution < 1.29 is 27.9 Å². The largest absolute Gasteiger partial charge is 0.394 e. The van der Waals surface area contributed by atoms with Crippen molar-refractivity contribution in [2.75, 3.05) is 19.8 Å². The molecule has 1 amide bonds. The van der Waals surface area contributed by atoms with Gasteiger partial charge in [-0.15, -0.1) is 0 Å². The predicted molar refractivity (Wildman–Crippen MR) is 97.0 cm³/mol. The molecule has 0 radical (unpaired) electrons. The molecule has 0 bridgehead atoms. The fraction of sp³-hybridized carbons (Fsp3) is 0.250. The first kappa shape index (κ1) is 19.2. The first-order chi connectivity index (χ1) is 14.0. The van der Waals surface area contributed by atoms with Crippen molar-refractivity contribution >= 4 is 5.91 Å². The lowest BCUT2D eigenvalue weighted by Crippen LogP contribution is -2.42. The Bertz CT molecular complexity index is 1000. The van der Waals surface area contributed by atoms with E-state index in [9.17, 15) is 18.7 Å². The molecule has 1 unspecified atom stereocenters. The van der Waals surface area contributed by atoms with Crippen LogP contribution in [0.5, 0.6) is 0 Å². The Labute approximate surface area is 164 Å². The summed E-state index contributed by atoms with van der Waals surface area (Å²) in [6, 6.07) is 10.6. The van der Waals surface area contributed by atoms with Gasteiger partial charge >= 0.3 is 0 Å². The van der Waals surface area contributed by atoms with Crippen molar-refractivity contribution in [1.82, 2.24) is 15.5 Å². The van der Waals surface area contributed by atoms with Crippen LogP contribution in [0.3, 0.4) is 0 Å². The van der Waals surface area contributed by atoms with Gasteiger partial charge < -0.3 is 19.7 Å². The quantitative estimate of drug-likeness (QED) is 0.659. The van der Waals surface area contributed by atoms with Gasteiger partial charge in [-0.2, -0.15) is 4.98 Å². The minimum Gasteiger partial charge on any atom is -0.394 e. The average molecular weight is 401 g/mol. The van der Waals surface area contributed by atoms with Gasteiger partial charge in [0.05, 0.1) is 19.8 Å². The number of halogens is 2. The van der Waals surface area contributed by atoms with Crippen LogP contribution in [0.15, 0.2) is 53.1 Å². The maximum absolute atomic E-state index is 14.3. The highest BCUT2D eigenvalue weighted by Gasteiger charge is 2.40. The Morgan fingerprint density at radius 2 is 1.86 bits per heavy atom. The molecule has 0 aliphatic carbocycles. The Kier molecular flexibility index (Phi) is 5.08. The molecular formula is C20H17F2N3O4. The molecule has 3 aromatic rings. The Balaban J connectivity index is 1.48. The number of rotatable bonds is 6. The molecule has 0 spiro atoms. The van der Waals surface area contributed by atoms with Crippen LogP contribution < -0.4 is 5.32 Å². The number of amides is 1. The summed E-state index contributed by atoms with van der Waals surface area (Å²) >= 11 is 0. The number of hydrogen-bond donors (Lipinski definition) is 2. The number of nitrogens with one attached hydrogen (secondary N) is 1. The predicted octanol–water partition coefficient (Wildman–Crippen LogP) is 2.53. The third kappa shape index (κ3) is 3.87. The maximum Gasteiger partial charge on any atom is 0.251 e. The molecule has 1 aliphatic heterocycles.